The molecule has 7 heteroatoms. The van der Waals surface area contributed by atoms with Crippen LogP contribution >= 0.6 is 11.6 Å². The molecule has 0 radical (unpaired) electrons. The molecule has 0 aromatic heterocycles. The Morgan fingerprint density at radius 3 is 2.35 bits per heavy atom. The van der Waals surface area contributed by atoms with Crippen LogP contribution in [0, 0.1) is 18.3 Å². The third kappa shape index (κ3) is 3.41. The summed E-state index contributed by atoms with van der Waals surface area (Å²) in [7, 11) is -3.98. The maximum Gasteiger partial charge on any atom is 0.221 e. The van der Waals surface area contributed by atoms with Gasteiger partial charge in [-0.2, -0.15) is 5.26 Å². The van der Waals surface area contributed by atoms with Gasteiger partial charge in [0.15, 0.2) is 0 Å². The van der Waals surface area contributed by atoms with Gasteiger partial charge in [0.2, 0.25) is 20.6 Å². The Morgan fingerprint density at radius 1 is 1.15 bits per heavy atom. The zero-order valence-corrected chi connectivity index (χ0v) is 15.8. The van der Waals surface area contributed by atoms with Gasteiger partial charge in [0.05, 0.1) is 10.9 Å². The summed E-state index contributed by atoms with van der Waals surface area (Å²) in [6, 6.07) is 15.0. The van der Waals surface area contributed by atoms with Crippen LogP contribution in [0.3, 0.4) is 0 Å². The Bertz CT molecular complexity index is 991. The van der Waals surface area contributed by atoms with Crippen LogP contribution in [-0.2, 0) is 14.6 Å². The van der Waals surface area contributed by atoms with Gasteiger partial charge >= 0.3 is 0 Å². The predicted octanol–water partition coefficient (Wildman–Crippen LogP) is 3.86. The molecule has 2 aromatic rings. The van der Waals surface area contributed by atoms with Gasteiger partial charge in [0.1, 0.15) is 12.2 Å². The zero-order valence-electron chi connectivity index (χ0n) is 14.2. The quantitative estimate of drug-likeness (QED) is 0.807. The van der Waals surface area contributed by atoms with Crippen molar-refractivity contribution in [2.75, 3.05) is 0 Å². The van der Waals surface area contributed by atoms with Crippen molar-refractivity contribution in [3.63, 3.8) is 0 Å². The minimum absolute atomic E-state index is 0.0273. The van der Waals surface area contributed by atoms with Gasteiger partial charge in [-0.3, -0.25) is 0 Å². The molecule has 1 aliphatic heterocycles. The SMILES string of the molecule is Cc1ccc(S(=O)(=O)C(C#N)=C2N[C@@H](C)[C@H](c3ccc(Cl)cc3)O2)cc1. The molecule has 0 spiro atoms. The number of aryl methyl sites for hydroxylation is 1. The molecule has 1 saturated heterocycles. The molecule has 1 heterocycles. The first-order chi connectivity index (χ1) is 12.3. The Balaban J connectivity index is 1.99. The number of ether oxygens (including phenoxy) is 1. The smallest absolute Gasteiger partial charge is 0.221 e. The molecule has 0 aliphatic carbocycles. The van der Waals surface area contributed by atoms with Crippen LogP contribution in [0.4, 0.5) is 0 Å². The van der Waals surface area contributed by atoms with E-state index >= 15 is 0 Å². The molecule has 3 rings (SSSR count). The van der Waals surface area contributed by atoms with E-state index < -0.39 is 20.8 Å². The fraction of sp³-hybridized carbons (Fsp3) is 0.211. The largest absolute Gasteiger partial charge is 0.467 e. The van der Waals surface area contributed by atoms with Gasteiger partial charge in [0, 0.05) is 5.02 Å². The summed E-state index contributed by atoms with van der Waals surface area (Å²) in [6.45, 7) is 3.72. The summed E-state index contributed by atoms with van der Waals surface area (Å²) >= 11 is 5.91. The molecule has 1 aliphatic rings. The standard InChI is InChI=1S/C19H17ClN2O3S/c1-12-3-9-16(10-4-12)26(23,24)17(11-21)19-22-13(2)18(25-19)14-5-7-15(20)8-6-14/h3-10,13,18,22H,1-2H3/t13-,18+/m0/s1. The van der Waals surface area contributed by atoms with Crippen LogP contribution in [0.15, 0.2) is 64.2 Å². The first-order valence-electron chi connectivity index (χ1n) is 7.97. The minimum Gasteiger partial charge on any atom is -0.467 e. The highest BCUT2D eigenvalue weighted by Gasteiger charge is 2.36. The van der Waals surface area contributed by atoms with Gasteiger partial charge in [0.25, 0.3) is 0 Å². The van der Waals surface area contributed by atoms with Crippen LogP contribution < -0.4 is 5.32 Å². The van der Waals surface area contributed by atoms with Crippen molar-refractivity contribution in [1.29, 1.82) is 5.26 Å². The molecule has 26 heavy (non-hydrogen) atoms. The van der Waals surface area contributed by atoms with Crippen molar-refractivity contribution in [3.05, 3.63) is 75.5 Å². The lowest BCUT2D eigenvalue weighted by molar-refractivity contribution is 0.154. The van der Waals surface area contributed by atoms with Crippen molar-refractivity contribution in [2.45, 2.75) is 30.9 Å². The fourth-order valence-corrected chi connectivity index (χ4v) is 4.07. The molecule has 1 fully saturated rings. The Hall–Kier alpha value is -2.49. The van der Waals surface area contributed by atoms with E-state index in [9.17, 15) is 13.7 Å². The summed E-state index contributed by atoms with van der Waals surface area (Å²) in [5.41, 5.74) is 1.77. The number of benzene rings is 2. The van der Waals surface area contributed by atoms with E-state index in [0.717, 1.165) is 11.1 Å². The number of nitrogens with zero attached hydrogens (tertiary/aromatic N) is 1. The number of hydrogen-bond acceptors (Lipinski definition) is 5. The molecule has 2 aromatic carbocycles. The number of hydrogen-bond donors (Lipinski definition) is 1. The number of sulfone groups is 1. The van der Waals surface area contributed by atoms with Crippen LogP contribution in [-0.4, -0.2) is 14.5 Å². The third-order valence-electron chi connectivity index (χ3n) is 4.16. The second-order valence-electron chi connectivity index (χ2n) is 6.11. The molecular formula is C19H17ClN2O3S. The third-order valence-corrected chi connectivity index (χ3v) is 6.12. The molecule has 0 amide bonds. The topological polar surface area (TPSA) is 79.2 Å². The van der Waals surface area contributed by atoms with Gasteiger partial charge < -0.3 is 10.1 Å². The Morgan fingerprint density at radius 2 is 1.77 bits per heavy atom. The lowest BCUT2D eigenvalue weighted by atomic mass is 10.0. The molecule has 0 bridgehead atoms. The maximum atomic E-state index is 12.8. The van der Waals surface area contributed by atoms with E-state index in [1.807, 2.05) is 26.0 Å². The van der Waals surface area contributed by atoms with Crippen molar-refractivity contribution >= 4 is 21.4 Å². The van der Waals surface area contributed by atoms with Crippen LogP contribution in [0.5, 0.6) is 0 Å². The van der Waals surface area contributed by atoms with E-state index in [1.165, 1.54) is 12.1 Å². The lowest BCUT2D eigenvalue weighted by Gasteiger charge is -2.13. The number of halogens is 1. The first kappa shape index (κ1) is 18.3. The predicted molar refractivity (Wildman–Crippen MR) is 98.9 cm³/mol. The molecule has 5 nitrogen and oxygen atoms in total. The number of nitriles is 1. The lowest BCUT2D eigenvalue weighted by Crippen LogP contribution is -2.22. The zero-order chi connectivity index (χ0) is 18.9. The summed E-state index contributed by atoms with van der Waals surface area (Å²) in [4.78, 5) is -0.371. The molecule has 1 N–H and O–H groups in total. The highest BCUT2D eigenvalue weighted by molar-refractivity contribution is 7.95. The van der Waals surface area contributed by atoms with Gasteiger partial charge in [-0.15, -0.1) is 0 Å². The average molecular weight is 389 g/mol. The van der Waals surface area contributed by atoms with E-state index in [2.05, 4.69) is 5.32 Å². The number of allylic oxidation sites excluding steroid dienone is 1. The maximum absolute atomic E-state index is 12.8. The van der Waals surface area contributed by atoms with Crippen molar-refractivity contribution in [2.24, 2.45) is 0 Å². The van der Waals surface area contributed by atoms with E-state index in [4.69, 9.17) is 16.3 Å². The van der Waals surface area contributed by atoms with Gasteiger partial charge in [-0.25, -0.2) is 8.42 Å². The monoisotopic (exact) mass is 388 g/mol. The molecule has 134 valence electrons. The second-order valence-corrected chi connectivity index (χ2v) is 8.43. The van der Waals surface area contributed by atoms with Crippen molar-refractivity contribution in [3.8, 4) is 6.07 Å². The van der Waals surface area contributed by atoms with Gasteiger partial charge in [-0.05, 0) is 43.7 Å². The van der Waals surface area contributed by atoms with Crippen LogP contribution in [0.2, 0.25) is 5.02 Å². The van der Waals surface area contributed by atoms with E-state index in [-0.39, 0.29) is 16.8 Å². The highest BCUT2D eigenvalue weighted by Crippen LogP contribution is 2.33. The Kier molecular flexibility index (Phi) is 4.94. The summed E-state index contributed by atoms with van der Waals surface area (Å²) in [5, 5.41) is 13.1. The summed E-state index contributed by atoms with van der Waals surface area (Å²) in [5.74, 6) is -0.0273. The summed E-state index contributed by atoms with van der Waals surface area (Å²) in [6.07, 6.45) is -0.418. The minimum atomic E-state index is -3.98. The van der Waals surface area contributed by atoms with Crippen LogP contribution in [0.25, 0.3) is 0 Å². The molecule has 0 unspecified atom stereocenters. The second kappa shape index (κ2) is 7.02. The summed E-state index contributed by atoms with van der Waals surface area (Å²) < 4.78 is 31.5. The van der Waals surface area contributed by atoms with E-state index in [1.54, 1.807) is 30.3 Å². The molecule has 2 atom stereocenters. The van der Waals surface area contributed by atoms with E-state index in [0.29, 0.717) is 5.02 Å². The first-order valence-corrected chi connectivity index (χ1v) is 9.84. The van der Waals surface area contributed by atoms with Crippen molar-refractivity contribution in [1.82, 2.24) is 5.32 Å². The fourth-order valence-electron chi connectivity index (χ4n) is 2.74. The Labute approximate surface area is 157 Å². The van der Waals surface area contributed by atoms with Gasteiger partial charge in [-0.1, -0.05) is 41.4 Å². The molecule has 0 saturated carbocycles. The van der Waals surface area contributed by atoms with Crippen LogP contribution in [0.1, 0.15) is 24.2 Å². The van der Waals surface area contributed by atoms with Crippen molar-refractivity contribution < 1.29 is 13.2 Å². The normalized spacial score (nSPS) is 21.5. The highest BCUT2D eigenvalue weighted by atomic mass is 35.5. The molecular weight excluding hydrogens is 372 g/mol. The number of rotatable bonds is 3. The average Bonchev–Trinajstić information content (AvgIpc) is 2.97. The number of nitrogens with one attached hydrogen (secondary N) is 1.